The van der Waals surface area contributed by atoms with Gasteiger partial charge in [-0.15, -0.1) is 34.2 Å². The van der Waals surface area contributed by atoms with Crippen molar-refractivity contribution in [3.05, 3.63) is 30.2 Å². The Hall–Kier alpha value is -1.47. The van der Waals surface area contributed by atoms with Gasteiger partial charge >= 0.3 is 0 Å². The van der Waals surface area contributed by atoms with Gasteiger partial charge in [0.15, 0.2) is 17.4 Å². The lowest BCUT2D eigenvalue weighted by molar-refractivity contribution is 0.586. The van der Waals surface area contributed by atoms with Crippen LogP contribution in [0.5, 0.6) is 0 Å². The summed E-state index contributed by atoms with van der Waals surface area (Å²) in [7, 11) is -3.18. The Kier molecular flexibility index (Phi) is 8.35. The van der Waals surface area contributed by atoms with Crippen molar-refractivity contribution >= 4 is 45.6 Å². The number of guanidine groups is 1. The van der Waals surface area contributed by atoms with Gasteiger partial charge in [-0.2, -0.15) is 0 Å². The van der Waals surface area contributed by atoms with E-state index in [1.165, 1.54) is 0 Å². The summed E-state index contributed by atoms with van der Waals surface area (Å²) >= 11 is 0. The first-order chi connectivity index (χ1) is 11.0. The van der Waals surface area contributed by atoms with Gasteiger partial charge in [0.2, 0.25) is 10.0 Å². The van der Waals surface area contributed by atoms with Gasteiger partial charge in [0.1, 0.15) is 6.54 Å². The molecule has 0 radical (unpaired) electrons. The fraction of sp³-hybridized carbons (Fsp3) is 0.462. The van der Waals surface area contributed by atoms with E-state index in [1.54, 1.807) is 0 Å². The van der Waals surface area contributed by atoms with Crippen LogP contribution in [-0.4, -0.2) is 54.9 Å². The van der Waals surface area contributed by atoms with E-state index in [0.717, 1.165) is 17.7 Å². The summed E-state index contributed by atoms with van der Waals surface area (Å²) in [5, 5.41) is 14.3. The van der Waals surface area contributed by atoms with Crippen molar-refractivity contribution in [2.24, 2.45) is 4.99 Å². The Morgan fingerprint density at radius 3 is 2.75 bits per heavy atom. The number of rotatable bonds is 7. The van der Waals surface area contributed by atoms with Gasteiger partial charge in [-0.1, -0.05) is 6.07 Å². The molecule has 0 fully saturated rings. The number of aliphatic imine (C=N–C) groups is 1. The minimum absolute atomic E-state index is 0. The number of fused-ring (bicyclic) bond motifs is 1. The third kappa shape index (κ3) is 6.57. The minimum Gasteiger partial charge on any atom is -0.357 e. The van der Waals surface area contributed by atoms with Crippen molar-refractivity contribution in [1.82, 2.24) is 30.0 Å². The molecule has 0 aliphatic rings. The third-order valence-corrected chi connectivity index (χ3v) is 3.62. The van der Waals surface area contributed by atoms with Gasteiger partial charge in [0.25, 0.3) is 0 Å². The standard InChI is InChI=1S/C13H21N7O2S.HI/c1-3-14-13(15-7-8-17-23(2,21)22)16-10-12-19-18-11-6-4-5-9-20(11)12;/h4-6,9,17H,3,7-8,10H2,1-2H3,(H2,14,15,16);1H. The minimum atomic E-state index is -3.18. The number of pyridine rings is 1. The van der Waals surface area contributed by atoms with Crippen molar-refractivity contribution in [2.45, 2.75) is 13.5 Å². The molecule has 0 spiro atoms. The quantitative estimate of drug-likeness (QED) is 0.228. The molecule has 2 heterocycles. The summed E-state index contributed by atoms with van der Waals surface area (Å²) in [4.78, 5) is 4.43. The zero-order chi connectivity index (χ0) is 16.7. The smallest absolute Gasteiger partial charge is 0.208 e. The molecule has 24 heavy (non-hydrogen) atoms. The summed E-state index contributed by atoms with van der Waals surface area (Å²) in [5.41, 5.74) is 0.771. The predicted molar refractivity (Wildman–Crippen MR) is 104 cm³/mol. The molecule has 3 N–H and O–H groups in total. The Morgan fingerprint density at radius 1 is 1.25 bits per heavy atom. The number of nitrogens with zero attached hydrogens (tertiary/aromatic N) is 4. The van der Waals surface area contributed by atoms with Crippen LogP contribution in [0.15, 0.2) is 29.4 Å². The molecule has 0 aliphatic carbocycles. The fourth-order valence-electron chi connectivity index (χ4n) is 1.91. The van der Waals surface area contributed by atoms with E-state index in [-0.39, 0.29) is 30.5 Å². The number of nitrogens with one attached hydrogen (secondary N) is 3. The van der Waals surface area contributed by atoms with Gasteiger partial charge in [-0.05, 0) is 19.1 Å². The number of aromatic nitrogens is 3. The first kappa shape index (κ1) is 20.6. The second-order valence-corrected chi connectivity index (χ2v) is 6.67. The van der Waals surface area contributed by atoms with Crippen molar-refractivity contribution in [2.75, 3.05) is 25.9 Å². The average Bonchev–Trinajstić information content (AvgIpc) is 2.91. The molecule has 0 atom stereocenters. The average molecular weight is 467 g/mol. The molecule has 11 heteroatoms. The molecule has 134 valence electrons. The molecule has 0 aliphatic heterocycles. The van der Waals surface area contributed by atoms with Crippen molar-refractivity contribution in [3.63, 3.8) is 0 Å². The molecule has 2 rings (SSSR count). The lowest BCUT2D eigenvalue weighted by Crippen LogP contribution is -2.41. The summed E-state index contributed by atoms with van der Waals surface area (Å²) < 4.78 is 26.3. The van der Waals surface area contributed by atoms with E-state index >= 15 is 0 Å². The molecular formula is C13H22IN7O2S. The monoisotopic (exact) mass is 467 g/mol. The summed E-state index contributed by atoms with van der Waals surface area (Å²) in [6.45, 7) is 3.74. The van der Waals surface area contributed by atoms with Crippen LogP contribution in [-0.2, 0) is 16.6 Å². The van der Waals surface area contributed by atoms with Crippen molar-refractivity contribution in [1.29, 1.82) is 0 Å². The lowest BCUT2D eigenvalue weighted by Gasteiger charge is -2.11. The van der Waals surface area contributed by atoms with E-state index < -0.39 is 10.0 Å². The number of hydrogen-bond donors (Lipinski definition) is 3. The fourth-order valence-corrected chi connectivity index (χ4v) is 2.38. The van der Waals surface area contributed by atoms with Crippen molar-refractivity contribution < 1.29 is 8.42 Å². The van der Waals surface area contributed by atoms with Crippen LogP contribution in [0.25, 0.3) is 5.65 Å². The number of hydrogen-bond acceptors (Lipinski definition) is 5. The summed E-state index contributed by atoms with van der Waals surface area (Å²) in [6, 6.07) is 5.68. The Balaban J connectivity index is 0.00000288. The number of halogens is 1. The first-order valence-electron chi connectivity index (χ1n) is 7.25. The second-order valence-electron chi connectivity index (χ2n) is 4.83. The first-order valence-corrected chi connectivity index (χ1v) is 9.14. The molecule has 0 saturated carbocycles. The lowest BCUT2D eigenvalue weighted by atomic mass is 10.4. The molecule has 9 nitrogen and oxygen atoms in total. The molecule has 2 aromatic heterocycles. The van der Waals surface area contributed by atoms with E-state index in [4.69, 9.17) is 0 Å². The molecule has 0 saturated heterocycles. The van der Waals surface area contributed by atoms with Crippen LogP contribution in [0.1, 0.15) is 12.7 Å². The Labute approximate surface area is 158 Å². The highest BCUT2D eigenvalue weighted by atomic mass is 127. The Bertz CT molecular complexity index is 775. The molecule has 0 unspecified atom stereocenters. The third-order valence-electron chi connectivity index (χ3n) is 2.89. The van der Waals surface area contributed by atoms with Crippen LogP contribution < -0.4 is 15.4 Å². The zero-order valence-electron chi connectivity index (χ0n) is 13.6. The normalized spacial score (nSPS) is 12.0. The summed E-state index contributed by atoms with van der Waals surface area (Å²) in [5.74, 6) is 1.32. The molecule has 0 aromatic carbocycles. The molecule has 0 amide bonds. The maximum Gasteiger partial charge on any atom is 0.208 e. The maximum absolute atomic E-state index is 11.0. The predicted octanol–water partition coefficient (Wildman–Crippen LogP) is -0.0484. The van der Waals surface area contributed by atoms with E-state index in [2.05, 4.69) is 30.5 Å². The molecular weight excluding hydrogens is 445 g/mol. The number of sulfonamides is 1. The van der Waals surface area contributed by atoms with Crippen LogP contribution in [0, 0.1) is 0 Å². The summed E-state index contributed by atoms with van der Waals surface area (Å²) in [6.07, 6.45) is 3.01. The van der Waals surface area contributed by atoms with Gasteiger partial charge in [-0.3, -0.25) is 4.40 Å². The van der Waals surface area contributed by atoms with Crippen LogP contribution in [0.3, 0.4) is 0 Å². The zero-order valence-corrected chi connectivity index (χ0v) is 16.7. The van der Waals surface area contributed by atoms with Crippen LogP contribution in [0.4, 0.5) is 0 Å². The topological polar surface area (TPSA) is 113 Å². The highest BCUT2D eigenvalue weighted by molar-refractivity contribution is 14.0. The Morgan fingerprint density at radius 2 is 2.04 bits per heavy atom. The SMILES string of the molecule is CCNC(=NCc1nnc2ccccn12)NCCNS(C)(=O)=O.I. The van der Waals surface area contributed by atoms with Gasteiger partial charge in [0.05, 0.1) is 6.26 Å². The highest BCUT2D eigenvalue weighted by Gasteiger charge is 2.05. The molecule has 2 aromatic rings. The van der Waals surface area contributed by atoms with Crippen LogP contribution in [0.2, 0.25) is 0 Å². The van der Waals surface area contributed by atoms with Gasteiger partial charge in [0, 0.05) is 25.8 Å². The largest absolute Gasteiger partial charge is 0.357 e. The highest BCUT2D eigenvalue weighted by Crippen LogP contribution is 2.03. The van der Waals surface area contributed by atoms with E-state index in [1.807, 2.05) is 35.7 Å². The van der Waals surface area contributed by atoms with Crippen LogP contribution >= 0.6 is 24.0 Å². The van der Waals surface area contributed by atoms with Gasteiger partial charge in [-0.25, -0.2) is 18.1 Å². The molecule has 0 bridgehead atoms. The second kappa shape index (κ2) is 9.74. The van der Waals surface area contributed by atoms with E-state index in [0.29, 0.717) is 25.6 Å². The van der Waals surface area contributed by atoms with E-state index in [9.17, 15) is 8.42 Å². The van der Waals surface area contributed by atoms with Crippen molar-refractivity contribution in [3.8, 4) is 0 Å². The maximum atomic E-state index is 11.0. The van der Waals surface area contributed by atoms with Gasteiger partial charge < -0.3 is 10.6 Å².